The normalized spacial score (nSPS) is 15.3. The Labute approximate surface area is 118 Å². The van der Waals surface area contributed by atoms with Crippen LogP contribution in [0.2, 0.25) is 0 Å². The van der Waals surface area contributed by atoms with Crippen molar-refractivity contribution in [2.24, 2.45) is 5.92 Å². The lowest BCUT2D eigenvalue weighted by atomic mass is 9.86. The number of benzene rings is 1. The van der Waals surface area contributed by atoms with Gasteiger partial charge in [0.05, 0.1) is 4.90 Å². The molecule has 6 heteroatoms. The predicted molar refractivity (Wildman–Crippen MR) is 72.9 cm³/mol. The number of hydrogen-bond donors (Lipinski definition) is 2. The molecule has 1 aromatic rings. The van der Waals surface area contributed by atoms with E-state index in [-0.39, 0.29) is 10.5 Å². The van der Waals surface area contributed by atoms with E-state index in [2.05, 4.69) is 16.6 Å². The molecule has 20 heavy (non-hydrogen) atoms. The van der Waals surface area contributed by atoms with E-state index in [0.29, 0.717) is 12.5 Å². The molecule has 0 radical (unpaired) electrons. The summed E-state index contributed by atoms with van der Waals surface area (Å²) in [5.74, 6) is 4.63. The number of aliphatic hydroxyl groups excluding tert-OH is 1. The fraction of sp³-hybridized carbons (Fsp3) is 0.429. The lowest BCUT2D eigenvalue weighted by molar-refractivity contribution is 0.316. The van der Waals surface area contributed by atoms with E-state index >= 15 is 0 Å². The summed E-state index contributed by atoms with van der Waals surface area (Å²) >= 11 is 0. The molecule has 1 fully saturated rings. The van der Waals surface area contributed by atoms with E-state index in [1.165, 1.54) is 6.07 Å². The van der Waals surface area contributed by atoms with Gasteiger partial charge in [-0.3, -0.25) is 0 Å². The summed E-state index contributed by atoms with van der Waals surface area (Å²) in [6.07, 6.45) is 3.20. The quantitative estimate of drug-likeness (QED) is 0.822. The maximum absolute atomic E-state index is 13.2. The molecule has 108 valence electrons. The smallest absolute Gasteiger partial charge is 0.241 e. The molecule has 0 bridgehead atoms. The van der Waals surface area contributed by atoms with Crippen LogP contribution in [-0.2, 0) is 10.0 Å². The number of halogens is 1. The van der Waals surface area contributed by atoms with Crippen molar-refractivity contribution in [3.63, 3.8) is 0 Å². The van der Waals surface area contributed by atoms with Crippen molar-refractivity contribution in [2.75, 3.05) is 13.2 Å². The monoisotopic (exact) mass is 297 g/mol. The predicted octanol–water partition coefficient (Wildman–Crippen LogP) is 1.25. The van der Waals surface area contributed by atoms with Crippen LogP contribution in [0, 0.1) is 23.6 Å². The molecule has 0 spiro atoms. The van der Waals surface area contributed by atoms with Crippen molar-refractivity contribution in [2.45, 2.75) is 24.2 Å². The standard InChI is InChI=1S/C14H16FNO3S/c15-13-6-7-14(12(9-13)5-2-8-17)20(18,19)16-10-11-3-1-4-11/h6-7,9,11,16-17H,1,3-4,8,10H2. The maximum atomic E-state index is 13.2. The Morgan fingerprint density at radius 2 is 2.15 bits per heavy atom. The molecule has 4 nitrogen and oxygen atoms in total. The number of rotatable bonds is 4. The van der Waals surface area contributed by atoms with Gasteiger partial charge in [-0.15, -0.1) is 0 Å². The molecular weight excluding hydrogens is 281 g/mol. The number of sulfonamides is 1. The fourth-order valence-corrected chi connectivity index (χ4v) is 3.23. The molecular formula is C14H16FNO3S. The Bertz CT molecular complexity index is 642. The van der Waals surface area contributed by atoms with Crippen LogP contribution in [0.1, 0.15) is 24.8 Å². The van der Waals surface area contributed by atoms with Gasteiger partial charge in [-0.25, -0.2) is 17.5 Å². The van der Waals surface area contributed by atoms with Crippen molar-refractivity contribution < 1.29 is 17.9 Å². The van der Waals surface area contributed by atoms with Gasteiger partial charge in [0.15, 0.2) is 0 Å². The highest BCUT2D eigenvalue weighted by molar-refractivity contribution is 7.89. The van der Waals surface area contributed by atoms with Gasteiger partial charge in [-0.05, 0) is 37.0 Å². The second-order valence-electron chi connectivity index (χ2n) is 4.75. The minimum Gasteiger partial charge on any atom is -0.384 e. The van der Waals surface area contributed by atoms with E-state index in [9.17, 15) is 12.8 Å². The van der Waals surface area contributed by atoms with E-state index < -0.39 is 22.4 Å². The van der Waals surface area contributed by atoms with Gasteiger partial charge in [0, 0.05) is 12.1 Å². The highest BCUT2D eigenvalue weighted by Crippen LogP contribution is 2.26. The Morgan fingerprint density at radius 1 is 1.40 bits per heavy atom. The third kappa shape index (κ3) is 3.57. The SMILES string of the molecule is O=S(=O)(NCC1CCC1)c1ccc(F)cc1C#CCO. The van der Waals surface area contributed by atoms with Gasteiger partial charge in [0.1, 0.15) is 12.4 Å². The largest absolute Gasteiger partial charge is 0.384 e. The molecule has 0 unspecified atom stereocenters. The average molecular weight is 297 g/mol. The summed E-state index contributed by atoms with van der Waals surface area (Å²) in [5.41, 5.74) is 0.0557. The summed E-state index contributed by atoms with van der Waals surface area (Å²) in [5, 5.41) is 8.67. The van der Waals surface area contributed by atoms with Crippen LogP contribution in [0.4, 0.5) is 4.39 Å². The van der Waals surface area contributed by atoms with Crippen LogP contribution in [0.3, 0.4) is 0 Å². The van der Waals surface area contributed by atoms with E-state index in [0.717, 1.165) is 31.4 Å². The zero-order valence-corrected chi connectivity index (χ0v) is 11.7. The van der Waals surface area contributed by atoms with Crippen LogP contribution in [0.15, 0.2) is 23.1 Å². The highest BCUT2D eigenvalue weighted by atomic mass is 32.2. The van der Waals surface area contributed by atoms with Gasteiger partial charge < -0.3 is 5.11 Å². The van der Waals surface area contributed by atoms with Crippen LogP contribution in [0.5, 0.6) is 0 Å². The fourth-order valence-electron chi connectivity index (χ4n) is 1.97. The lowest BCUT2D eigenvalue weighted by Crippen LogP contribution is -2.32. The zero-order valence-electron chi connectivity index (χ0n) is 10.9. The van der Waals surface area contributed by atoms with E-state index in [4.69, 9.17) is 5.11 Å². The lowest BCUT2D eigenvalue weighted by Gasteiger charge is -2.25. The molecule has 1 aromatic carbocycles. The highest BCUT2D eigenvalue weighted by Gasteiger charge is 2.23. The van der Waals surface area contributed by atoms with Gasteiger partial charge in [0.2, 0.25) is 10.0 Å². The third-order valence-electron chi connectivity index (χ3n) is 3.32. The van der Waals surface area contributed by atoms with E-state index in [1.807, 2.05) is 0 Å². The molecule has 2 N–H and O–H groups in total. The number of aliphatic hydroxyl groups is 1. The number of hydrogen-bond acceptors (Lipinski definition) is 3. The zero-order chi connectivity index (χ0) is 14.6. The van der Waals surface area contributed by atoms with Crippen LogP contribution in [-0.4, -0.2) is 26.7 Å². The molecule has 0 aliphatic heterocycles. The molecule has 1 aliphatic carbocycles. The van der Waals surface area contributed by atoms with Crippen molar-refractivity contribution in [3.05, 3.63) is 29.6 Å². The first-order valence-corrected chi connectivity index (χ1v) is 7.90. The van der Waals surface area contributed by atoms with Crippen LogP contribution >= 0.6 is 0 Å². The molecule has 0 aromatic heterocycles. The molecule has 1 aliphatic rings. The summed E-state index contributed by atoms with van der Waals surface area (Å²) in [6, 6.07) is 3.34. The second kappa shape index (κ2) is 6.35. The molecule has 0 saturated heterocycles. The minimum absolute atomic E-state index is 0.0557. The number of nitrogens with one attached hydrogen (secondary N) is 1. The van der Waals surface area contributed by atoms with Crippen LogP contribution < -0.4 is 4.72 Å². The summed E-state index contributed by atoms with van der Waals surface area (Å²) in [7, 11) is -3.71. The van der Waals surface area contributed by atoms with Gasteiger partial charge in [0.25, 0.3) is 0 Å². The van der Waals surface area contributed by atoms with Crippen molar-refractivity contribution in [1.29, 1.82) is 0 Å². The topological polar surface area (TPSA) is 66.4 Å². The van der Waals surface area contributed by atoms with Gasteiger partial charge in [-0.1, -0.05) is 18.3 Å². The Morgan fingerprint density at radius 3 is 2.75 bits per heavy atom. The first-order valence-electron chi connectivity index (χ1n) is 6.42. The van der Waals surface area contributed by atoms with Crippen molar-refractivity contribution >= 4 is 10.0 Å². The Kier molecular flexibility index (Phi) is 4.76. The van der Waals surface area contributed by atoms with Crippen LogP contribution in [0.25, 0.3) is 0 Å². The van der Waals surface area contributed by atoms with Crippen molar-refractivity contribution in [1.82, 2.24) is 4.72 Å². The second-order valence-corrected chi connectivity index (χ2v) is 6.48. The molecule has 0 heterocycles. The summed E-state index contributed by atoms with van der Waals surface area (Å²) in [4.78, 5) is -0.0563. The van der Waals surface area contributed by atoms with Gasteiger partial charge >= 0.3 is 0 Å². The van der Waals surface area contributed by atoms with E-state index in [1.54, 1.807) is 0 Å². The molecule has 2 rings (SSSR count). The van der Waals surface area contributed by atoms with Gasteiger partial charge in [-0.2, -0.15) is 0 Å². The van der Waals surface area contributed by atoms with Crippen molar-refractivity contribution in [3.8, 4) is 11.8 Å². The maximum Gasteiger partial charge on any atom is 0.241 e. The molecule has 0 amide bonds. The third-order valence-corrected chi connectivity index (χ3v) is 4.80. The first kappa shape index (κ1) is 15.0. The Balaban J connectivity index is 2.24. The minimum atomic E-state index is -3.71. The molecule has 0 atom stereocenters. The summed E-state index contributed by atoms with van der Waals surface area (Å²) in [6.45, 7) is -0.0158. The average Bonchev–Trinajstić information content (AvgIpc) is 2.34. The first-order chi connectivity index (χ1) is 9.53. The summed E-state index contributed by atoms with van der Waals surface area (Å²) < 4.78 is 40.1. The molecule has 1 saturated carbocycles. The Hall–Kier alpha value is -1.42.